The van der Waals surface area contributed by atoms with Gasteiger partial charge < -0.3 is 10.1 Å². The van der Waals surface area contributed by atoms with Crippen LogP contribution in [0.3, 0.4) is 0 Å². The van der Waals surface area contributed by atoms with E-state index in [1.807, 2.05) is 33.0 Å². The number of morpholine rings is 1. The summed E-state index contributed by atoms with van der Waals surface area (Å²) in [5, 5.41) is 3.04. The molecule has 0 aliphatic carbocycles. The highest BCUT2D eigenvalue weighted by molar-refractivity contribution is 7.89. The lowest BCUT2D eigenvalue weighted by Gasteiger charge is -2.34. The van der Waals surface area contributed by atoms with Gasteiger partial charge in [-0.2, -0.15) is 4.31 Å². The average molecular weight is 298 g/mol. The summed E-state index contributed by atoms with van der Waals surface area (Å²) in [7, 11) is -1.56. The van der Waals surface area contributed by atoms with Crippen LogP contribution in [0.25, 0.3) is 0 Å². The highest BCUT2D eigenvalue weighted by Crippen LogP contribution is 2.21. The quantitative estimate of drug-likeness (QED) is 0.907. The third-order valence-electron chi connectivity index (χ3n) is 3.33. The Labute approximate surface area is 121 Å². The minimum absolute atomic E-state index is 0.0721. The van der Waals surface area contributed by atoms with E-state index >= 15 is 0 Å². The molecule has 0 bridgehead atoms. The van der Waals surface area contributed by atoms with E-state index in [9.17, 15) is 8.42 Å². The summed E-state index contributed by atoms with van der Waals surface area (Å²) in [6, 6.07) is 7.03. The number of hydrogen-bond donors (Lipinski definition) is 1. The molecule has 0 spiro atoms. The maximum Gasteiger partial charge on any atom is 0.243 e. The van der Waals surface area contributed by atoms with E-state index in [1.165, 1.54) is 4.31 Å². The van der Waals surface area contributed by atoms with Gasteiger partial charge in [-0.1, -0.05) is 12.1 Å². The normalized spacial score (nSPS) is 24.8. The van der Waals surface area contributed by atoms with E-state index in [4.69, 9.17) is 4.74 Å². The summed E-state index contributed by atoms with van der Waals surface area (Å²) in [5.74, 6) is 0. The molecule has 2 atom stereocenters. The fourth-order valence-electron chi connectivity index (χ4n) is 2.46. The molecule has 1 aliphatic rings. The molecule has 0 aromatic heterocycles. The SMILES string of the molecule is CNCc1ccc(S(=O)(=O)N2CC(C)OC(C)C2)cc1. The van der Waals surface area contributed by atoms with Crippen molar-refractivity contribution in [2.24, 2.45) is 0 Å². The van der Waals surface area contributed by atoms with Crippen LogP contribution in [0.5, 0.6) is 0 Å². The topological polar surface area (TPSA) is 58.6 Å². The van der Waals surface area contributed by atoms with Gasteiger partial charge in [0.2, 0.25) is 10.0 Å². The zero-order valence-corrected chi connectivity index (χ0v) is 13.0. The number of sulfonamides is 1. The molecule has 112 valence electrons. The van der Waals surface area contributed by atoms with Crippen LogP contribution >= 0.6 is 0 Å². The van der Waals surface area contributed by atoms with E-state index in [1.54, 1.807) is 12.1 Å². The van der Waals surface area contributed by atoms with Crippen LogP contribution in [0.15, 0.2) is 29.2 Å². The van der Waals surface area contributed by atoms with Crippen LogP contribution in [0.1, 0.15) is 19.4 Å². The molecule has 1 saturated heterocycles. The maximum absolute atomic E-state index is 12.6. The van der Waals surface area contributed by atoms with E-state index in [0.717, 1.165) is 12.1 Å². The molecule has 1 N–H and O–H groups in total. The van der Waals surface area contributed by atoms with Gasteiger partial charge in [0.1, 0.15) is 0 Å². The zero-order chi connectivity index (χ0) is 14.8. The van der Waals surface area contributed by atoms with Crippen molar-refractivity contribution < 1.29 is 13.2 Å². The number of ether oxygens (including phenoxy) is 1. The third kappa shape index (κ3) is 3.38. The Balaban J connectivity index is 2.21. The van der Waals surface area contributed by atoms with E-state index in [2.05, 4.69) is 5.32 Å². The standard InChI is InChI=1S/C14H22N2O3S/c1-11-9-16(10-12(2)19-11)20(17,18)14-6-4-13(5-7-14)8-15-3/h4-7,11-12,15H,8-10H2,1-3H3. The molecular weight excluding hydrogens is 276 g/mol. The summed E-state index contributed by atoms with van der Waals surface area (Å²) < 4.78 is 32.3. The lowest BCUT2D eigenvalue weighted by molar-refractivity contribution is -0.0440. The first kappa shape index (κ1) is 15.4. The van der Waals surface area contributed by atoms with Crippen LogP contribution in [0, 0.1) is 0 Å². The van der Waals surface area contributed by atoms with Gasteiger partial charge in [0.15, 0.2) is 0 Å². The Bertz CT molecular complexity index is 532. The van der Waals surface area contributed by atoms with Crippen molar-refractivity contribution >= 4 is 10.0 Å². The van der Waals surface area contributed by atoms with Gasteiger partial charge in [0, 0.05) is 19.6 Å². The minimum Gasteiger partial charge on any atom is -0.373 e. The lowest BCUT2D eigenvalue weighted by Crippen LogP contribution is -2.48. The van der Waals surface area contributed by atoms with Gasteiger partial charge in [0.25, 0.3) is 0 Å². The van der Waals surface area contributed by atoms with E-state index in [-0.39, 0.29) is 12.2 Å². The molecule has 1 fully saturated rings. The summed E-state index contributed by atoms with van der Waals surface area (Å²) in [6.07, 6.45) is -0.144. The van der Waals surface area contributed by atoms with E-state index < -0.39 is 10.0 Å². The maximum atomic E-state index is 12.6. The Morgan fingerprint density at radius 3 is 2.25 bits per heavy atom. The molecule has 1 aromatic rings. The fraction of sp³-hybridized carbons (Fsp3) is 0.571. The van der Waals surface area contributed by atoms with Crippen molar-refractivity contribution in [3.63, 3.8) is 0 Å². The summed E-state index contributed by atoms with van der Waals surface area (Å²) in [5.41, 5.74) is 1.06. The van der Waals surface area contributed by atoms with Gasteiger partial charge in [-0.25, -0.2) is 8.42 Å². The zero-order valence-electron chi connectivity index (χ0n) is 12.2. The van der Waals surface area contributed by atoms with Crippen LogP contribution in [-0.4, -0.2) is 45.1 Å². The first-order valence-electron chi connectivity index (χ1n) is 6.82. The molecule has 0 radical (unpaired) electrons. The molecule has 1 aromatic carbocycles. The molecule has 0 saturated carbocycles. The predicted molar refractivity (Wildman–Crippen MR) is 78.0 cm³/mol. The first-order chi connectivity index (χ1) is 9.43. The summed E-state index contributed by atoms with van der Waals surface area (Å²) >= 11 is 0. The van der Waals surface area contributed by atoms with Crippen molar-refractivity contribution in [2.75, 3.05) is 20.1 Å². The second-order valence-corrected chi connectivity index (χ2v) is 7.19. The number of hydrogen-bond acceptors (Lipinski definition) is 4. The molecule has 2 unspecified atom stereocenters. The van der Waals surface area contributed by atoms with Crippen molar-refractivity contribution in [3.05, 3.63) is 29.8 Å². The second kappa shape index (κ2) is 6.22. The van der Waals surface area contributed by atoms with Crippen molar-refractivity contribution in [1.29, 1.82) is 0 Å². The highest BCUT2D eigenvalue weighted by atomic mass is 32.2. The number of nitrogens with one attached hydrogen (secondary N) is 1. The molecule has 5 nitrogen and oxygen atoms in total. The van der Waals surface area contributed by atoms with Crippen LogP contribution in [0.4, 0.5) is 0 Å². The summed E-state index contributed by atoms with van der Waals surface area (Å²) in [4.78, 5) is 0.346. The largest absolute Gasteiger partial charge is 0.373 e. The van der Waals surface area contributed by atoms with Gasteiger partial charge >= 0.3 is 0 Å². The smallest absolute Gasteiger partial charge is 0.243 e. The van der Waals surface area contributed by atoms with Crippen molar-refractivity contribution in [2.45, 2.75) is 37.5 Å². The monoisotopic (exact) mass is 298 g/mol. The Kier molecular flexibility index (Phi) is 4.80. The molecule has 2 rings (SSSR count). The molecule has 20 heavy (non-hydrogen) atoms. The number of rotatable bonds is 4. The van der Waals surface area contributed by atoms with Crippen LogP contribution < -0.4 is 5.32 Å². The second-order valence-electron chi connectivity index (χ2n) is 5.25. The van der Waals surface area contributed by atoms with Crippen molar-refractivity contribution in [3.8, 4) is 0 Å². The molecule has 0 amide bonds. The third-order valence-corrected chi connectivity index (χ3v) is 5.17. The highest BCUT2D eigenvalue weighted by Gasteiger charge is 2.31. The molecule has 1 heterocycles. The molecule has 1 aliphatic heterocycles. The lowest BCUT2D eigenvalue weighted by atomic mass is 10.2. The van der Waals surface area contributed by atoms with Gasteiger partial charge in [-0.05, 0) is 38.6 Å². The Hall–Kier alpha value is -0.950. The van der Waals surface area contributed by atoms with Gasteiger partial charge in [-0.3, -0.25) is 0 Å². The Morgan fingerprint density at radius 2 is 1.75 bits per heavy atom. The fourth-order valence-corrected chi connectivity index (χ4v) is 4.05. The van der Waals surface area contributed by atoms with Crippen LogP contribution in [0.2, 0.25) is 0 Å². The average Bonchev–Trinajstić information content (AvgIpc) is 2.38. The number of benzene rings is 1. The first-order valence-corrected chi connectivity index (χ1v) is 8.26. The van der Waals surface area contributed by atoms with E-state index in [0.29, 0.717) is 18.0 Å². The predicted octanol–water partition coefficient (Wildman–Crippen LogP) is 1.20. The minimum atomic E-state index is -3.43. The summed E-state index contributed by atoms with van der Waals surface area (Å²) in [6.45, 7) is 5.34. The van der Waals surface area contributed by atoms with Crippen LogP contribution in [-0.2, 0) is 21.3 Å². The number of nitrogens with zero attached hydrogens (tertiary/aromatic N) is 1. The molecule has 6 heteroatoms. The Morgan fingerprint density at radius 1 is 1.20 bits per heavy atom. The van der Waals surface area contributed by atoms with Gasteiger partial charge in [0.05, 0.1) is 17.1 Å². The van der Waals surface area contributed by atoms with Crippen molar-refractivity contribution in [1.82, 2.24) is 9.62 Å². The molecular formula is C14H22N2O3S. The van der Waals surface area contributed by atoms with Gasteiger partial charge in [-0.15, -0.1) is 0 Å².